The Labute approximate surface area is 122 Å². The molecule has 0 aliphatic carbocycles. The number of nitrogens with one attached hydrogen (secondary N) is 1. The molecule has 112 valence electrons. The van der Waals surface area contributed by atoms with Crippen LogP contribution in [0.1, 0.15) is 50.8 Å². The van der Waals surface area contributed by atoms with E-state index in [1.807, 2.05) is 19.1 Å². The minimum Gasteiger partial charge on any atom is -0.309 e. The summed E-state index contributed by atoms with van der Waals surface area (Å²) in [4.78, 5) is 2.49. The highest BCUT2D eigenvalue weighted by molar-refractivity contribution is 5.29. The summed E-state index contributed by atoms with van der Waals surface area (Å²) in [5, 5.41) is 3.50. The quantitative estimate of drug-likeness (QED) is 0.884. The minimum atomic E-state index is -0.103. The van der Waals surface area contributed by atoms with Gasteiger partial charge >= 0.3 is 0 Å². The maximum absolute atomic E-state index is 14.3. The highest BCUT2D eigenvalue weighted by atomic mass is 19.1. The van der Waals surface area contributed by atoms with Gasteiger partial charge in [0.2, 0.25) is 0 Å². The third kappa shape index (κ3) is 3.04. The Kier molecular flexibility index (Phi) is 4.82. The van der Waals surface area contributed by atoms with E-state index in [0.717, 1.165) is 30.8 Å². The van der Waals surface area contributed by atoms with Gasteiger partial charge < -0.3 is 5.32 Å². The molecule has 1 aliphatic heterocycles. The maximum atomic E-state index is 14.3. The van der Waals surface area contributed by atoms with E-state index in [0.29, 0.717) is 0 Å². The van der Waals surface area contributed by atoms with Crippen LogP contribution in [0.15, 0.2) is 18.2 Å². The topological polar surface area (TPSA) is 15.3 Å². The van der Waals surface area contributed by atoms with Crippen LogP contribution in [0.2, 0.25) is 0 Å². The van der Waals surface area contributed by atoms with Gasteiger partial charge in [-0.05, 0) is 59.3 Å². The molecule has 1 unspecified atom stereocenters. The van der Waals surface area contributed by atoms with Crippen molar-refractivity contribution >= 4 is 0 Å². The van der Waals surface area contributed by atoms with Gasteiger partial charge in [0.05, 0.1) is 6.04 Å². The van der Waals surface area contributed by atoms with Crippen LogP contribution in [-0.4, -0.2) is 30.1 Å². The molecule has 2 rings (SSSR count). The molecule has 1 N–H and O–H groups in total. The van der Waals surface area contributed by atoms with Crippen LogP contribution in [0.3, 0.4) is 0 Å². The van der Waals surface area contributed by atoms with Gasteiger partial charge in [-0.15, -0.1) is 0 Å². The van der Waals surface area contributed by atoms with E-state index in [9.17, 15) is 4.39 Å². The number of benzene rings is 1. The lowest BCUT2D eigenvalue weighted by Crippen LogP contribution is -2.51. The number of hydrogen-bond acceptors (Lipinski definition) is 2. The SMILES string of the molecule is CCNC(c1cc(C)ccc1F)C(C)(C)N1CCCC1. The molecule has 0 saturated carbocycles. The molecule has 1 heterocycles. The van der Waals surface area contributed by atoms with Crippen molar-refractivity contribution in [1.82, 2.24) is 10.2 Å². The van der Waals surface area contributed by atoms with E-state index in [4.69, 9.17) is 0 Å². The average molecular weight is 278 g/mol. The molecule has 0 spiro atoms. The highest BCUT2D eigenvalue weighted by Crippen LogP contribution is 2.35. The molecule has 0 amide bonds. The second-order valence-corrected chi connectivity index (χ2v) is 6.36. The summed E-state index contributed by atoms with van der Waals surface area (Å²) in [5.74, 6) is -0.103. The predicted octanol–water partition coefficient (Wildman–Crippen LogP) is 3.66. The molecule has 1 aromatic rings. The maximum Gasteiger partial charge on any atom is 0.128 e. The number of rotatable bonds is 5. The Morgan fingerprint density at radius 1 is 1.30 bits per heavy atom. The molecule has 1 atom stereocenters. The van der Waals surface area contributed by atoms with Crippen LogP contribution < -0.4 is 5.32 Å². The fourth-order valence-electron chi connectivity index (χ4n) is 3.30. The van der Waals surface area contributed by atoms with Gasteiger partial charge in [0.25, 0.3) is 0 Å². The van der Waals surface area contributed by atoms with Crippen molar-refractivity contribution in [2.75, 3.05) is 19.6 Å². The first-order valence-corrected chi connectivity index (χ1v) is 7.71. The number of likely N-dealkylation sites (tertiary alicyclic amines) is 1. The molecular formula is C17H27FN2. The molecule has 1 saturated heterocycles. The largest absolute Gasteiger partial charge is 0.309 e. The van der Waals surface area contributed by atoms with Crippen LogP contribution in [0, 0.1) is 12.7 Å². The Bertz CT molecular complexity index is 450. The lowest BCUT2D eigenvalue weighted by atomic mass is 9.86. The molecule has 2 nitrogen and oxygen atoms in total. The van der Waals surface area contributed by atoms with Crippen molar-refractivity contribution in [2.45, 2.75) is 52.1 Å². The van der Waals surface area contributed by atoms with Gasteiger partial charge in [-0.25, -0.2) is 4.39 Å². The van der Waals surface area contributed by atoms with Crippen LogP contribution in [0.4, 0.5) is 4.39 Å². The molecule has 0 bridgehead atoms. The summed E-state index contributed by atoms with van der Waals surface area (Å²) in [6, 6.07) is 5.44. The summed E-state index contributed by atoms with van der Waals surface area (Å²) in [7, 11) is 0. The summed E-state index contributed by atoms with van der Waals surface area (Å²) in [6.07, 6.45) is 2.50. The molecule has 0 radical (unpaired) electrons. The normalized spacial score (nSPS) is 18.4. The number of likely N-dealkylation sites (N-methyl/N-ethyl adjacent to an activating group) is 1. The van der Waals surface area contributed by atoms with E-state index < -0.39 is 0 Å². The van der Waals surface area contributed by atoms with Crippen molar-refractivity contribution in [1.29, 1.82) is 0 Å². The molecule has 1 aromatic carbocycles. The van der Waals surface area contributed by atoms with Crippen molar-refractivity contribution in [2.24, 2.45) is 0 Å². The summed E-state index contributed by atoms with van der Waals surface area (Å²) in [6.45, 7) is 11.6. The van der Waals surface area contributed by atoms with Gasteiger partial charge in [0.1, 0.15) is 5.82 Å². The van der Waals surface area contributed by atoms with E-state index in [1.54, 1.807) is 6.07 Å². The standard InChI is InChI=1S/C17H27FN2/c1-5-19-16(14-12-13(2)8-9-15(14)18)17(3,4)20-10-6-7-11-20/h8-9,12,16,19H,5-7,10-11H2,1-4H3. The number of aryl methyl sites for hydroxylation is 1. The second kappa shape index (κ2) is 6.23. The minimum absolute atomic E-state index is 0.0190. The van der Waals surface area contributed by atoms with E-state index in [2.05, 4.69) is 31.0 Å². The first-order chi connectivity index (χ1) is 9.46. The summed E-state index contributed by atoms with van der Waals surface area (Å²) >= 11 is 0. The van der Waals surface area contributed by atoms with Crippen molar-refractivity contribution in [3.8, 4) is 0 Å². The lowest BCUT2D eigenvalue weighted by Gasteiger charge is -2.43. The van der Waals surface area contributed by atoms with Gasteiger partial charge in [0, 0.05) is 11.1 Å². The third-order valence-corrected chi connectivity index (χ3v) is 4.50. The number of hydrogen-bond donors (Lipinski definition) is 1. The van der Waals surface area contributed by atoms with E-state index in [1.165, 1.54) is 12.8 Å². The fraction of sp³-hybridized carbons (Fsp3) is 0.647. The molecule has 1 aliphatic rings. The zero-order chi connectivity index (χ0) is 14.8. The van der Waals surface area contributed by atoms with Gasteiger partial charge in [-0.3, -0.25) is 4.90 Å². The molecule has 1 fully saturated rings. The van der Waals surface area contributed by atoms with Crippen LogP contribution >= 0.6 is 0 Å². The van der Waals surface area contributed by atoms with E-state index >= 15 is 0 Å². The molecular weight excluding hydrogens is 251 g/mol. The Hall–Kier alpha value is -0.930. The fourth-order valence-corrected chi connectivity index (χ4v) is 3.30. The molecule has 3 heteroatoms. The molecule has 20 heavy (non-hydrogen) atoms. The van der Waals surface area contributed by atoms with Crippen LogP contribution in [0.25, 0.3) is 0 Å². The lowest BCUT2D eigenvalue weighted by molar-refractivity contribution is 0.106. The number of nitrogens with zero attached hydrogens (tertiary/aromatic N) is 1. The smallest absolute Gasteiger partial charge is 0.128 e. The molecule has 0 aromatic heterocycles. The zero-order valence-corrected chi connectivity index (χ0v) is 13.2. The second-order valence-electron chi connectivity index (χ2n) is 6.36. The van der Waals surface area contributed by atoms with Crippen molar-refractivity contribution in [3.63, 3.8) is 0 Å². The van der Waals surface area contributed by atoms with Crippen LogP contribution in [-0.2, 0) is 0 Å². The first kappa shape index (κ1) is 15.5. The monoisotopic (exact) mass is 278 g/mol. The van der Waals surface area contributed by atoms with Gasteiger partial charge in [-0.2, -0.15) is 0 Å². The van der Waals surface area contributed by atoms with Crippen molar-refractivity contribution < 1.29 is 4.39 Å². The average Bonchev–Trinajstić information content (AvgIpc) is 2.93. The predicted molar refractivity (Wildman–Crippen MR) is 82.4 cm³/mol. The summed E-state index contributed by atoms with van der Waals surface area (Å²) in [5.41, 5.74) is 1.83. The Morgan fingerprint density at radius 2 is 1.95 bits per heavy atom. The van der Waals surface area contributed by atoms with E-state index in [-0.39, 0.29) is 17.4 Å². The van der Waals surface area contributed by atoms with Crippen LogP contribution in [0.5, 0.6) is 0 Å². The first-order valence-electron chi connectivity index (χ1n) is 7.71. The Balaban J connectivity index is 2.36. The van der Waals surface area contributed by atoms with Crippen molar-refractivity contribution in [3.05, 3.63) is 35.1 Å². The zero-order valence-electron chi connectivity index (χ0n) is 13.2. The van der Waals surface area contributed by atoms with Gasteiger partial charge in [-0.1, -0.05) is 24.6 Å². The third-order valence-electron chi connectivity index (χ3n) is 4.50. The number of halogens is 1. The highest BCUT2D eigenvalue weighted by Gasteiger charge is 2.38. The Morgan fingerprint density at radius 3 is 2.55 bits per heavy atom. The van der Waals surface area contributed by atoms with Gasteiger partial charge in [0.15, 0.2) is 0 Å². The summed E-state index contributed by atoms with van der Waals surface area (Å²) < 4.78 is 14.3.